The maximum absolute atomic E-state index is 11.8. The monoisotopic (exact) mass is 277 g/mol. The van der Waals surface area contributed by atoms with Crippen LogP contribution in [0.3, 0.4) is 0 Å². The Morgan fingerprint density at radius 3 is 3.00 bits per heavy atom. The van der Waals surface area contributed by atoms with Crippen molar-refractivity contribution >= 4 is 23.2 Å². The fourth-order valence-electron chi connectivity index (χ4n) is 1.86. The standard InChI is InChI=1S/C14H19N3O3/c1-9(2)15-6-5-13(18)16-10-3-4-12-11(7-10)17-14(19)8-20-12/h3-4,7,9,15H,5-6,8H2,1-2H3,(H,16,18)(H,17,19). The Hall–Kier alpha value is -2.08. The van der Waals surface area contributed by atoms with Gasteiger partial charge in [-0.3, -0.25) is 9.59 Å². The van der Waals surface area contributed by atoms with E-state index in [0.717, 1.165) is 0 Å². The topological polar surface area (TPSA) is 79.5 Å². The molecule has 3 N–H and O–H groups in total. The predicted octanol–water partition coefficient (Wildman–Crippen LogP) is 1.34. The molecule has 0 atom stereocenters. The summed E-state index contributed by atoms with van der Waals surface area (Å²) in [6.07, 6.45) is 0.401. The molecule has 0 saturated carbocycles. The fraction of sp³-hybridized carbons (Fsp3) is 0.429. The molecule has 6 nitrogen and oxygen atoms in total. The third-order valence-corrected chi connectivity index (χ3v) is 2.80. The summed E-state index contributed by atoms with van der Waals surface area (Å²) in [5.74, 6) is 0.354. The summed E-state index contributed by atoms with van der Waals surface area (Å²) in [5, 5.41) is 8.68. The van der Waals surface area contributed by atoms with Crippen LogP contribution in [0.5, 0.6) is 5.75 Å². The van der Waals surface area contributed by atoms with E-state index < -0.39 is 0 Å². The van der Waals surface area contributed by atoms with Crippen LogP contribution in [0.1, 0.15) is 20.3 Å². The highest BCUT2D eigenvalue weighted by molar-refractivity contribution is 5.97. The second kappa shape index (κ2) is 6.38. The molecule has 1 aliphatic heterocycles. The molecule has 0 radical (unpaired) electrons. The fourth-order valence-corrected chi connectivity index (χ4v) is 1.86. The van der Waals surface area contributed by atoms with Gasteiger partial charge >= 0.3 is 0 Å². The van der Waals surface area contributed by atoms with Crippen LogP contribution in [0.4, 0.5) is 11.4 Å². The van der Waals surface area contributed by atoms with Crippen LogP contribution in [0.2, 0.25) is 0 Å². The molecule has 1 heterocycles. The SMILES string of the molecule is CC(C)NCCC(=O)Nc1ccc2c(c1)NC(=O)CO2. The zero-order valence-electron chi connectivity index (χ0n) is 11.7. The van der Waals surface area contributed by atoms with Gasteiger partial charge in [0.2, 0.25) is 5.91 Å². The predicted molar refractivity (Wildman–Crippen MR) is 77.0 cm³/mol. The van der Waals surface area contributed by atoms with Crippen molar-refractivity contribution in [1.82, 2.24) is 5.32 Å². The normalized spacial score (nSPS) is 13.4. The van der Waals surface area contributed by atoms with Gasteiger partial charge in [-0.05, 0) is 18.2 Å². The van der Waals surface area contributed by atoms with Crippen molar-refractivity contribution in [3.63, 3.8) is 0 Å². The zero-order valence-corrected chi connectivity index (χ0v) is 11.7. The van der Waals surface area contributed by atoms with E-state index in [9.17, 15) is 9.59 Å². The average Bonchev–Trinajstić information content (AvgIpc) is 2.37. The molecule has 1 aromatic rings. The summed E-state index contributed by atoms with van der Waals surface area (Å²) < 4.78 is 5.25. The number of anilines is 2. The number of benzene rings is 1. The number of amides is 2. The van der Waals surface area contributed by atoms with E-state index in [1.807, 2.05) is 13.8 Å². The highest BCUT2D eigenvalue weighted by Crippen LogP contribution is 2.30. The zero-order chi connectivity index (χ0) is 14.5. The van der Waals surface area contributed by atoms with Crippen LogP contribution >= 0.6 is 0 Å². The van der Waals surface area contributed by atoms with Gasteiger partial charge in [-0.25, -0.2) is 0 Å². The Balaban J connectivity index is 1.91. The molecular weight excluding hydrogens is 258 g/mol. The number of carbonyl (C=O) groups excluding carboxylic acids is 2. The van der Waals surface area contributed by atoms with E-state index in [4.69, 9.17) is 4.74 Å². The van der Waals surface area contributed by atoms with Crippen molar-refractivity contribution in [2.75, 3.05) is 23.8 Å². The van der Waals surface area contributed by atoms with Gasteiger partial charge in [-0.2, -0.15) is 0 Å². The first kappa shape index (κ1) is 14.3. The van der Waals surface area contributed by atoms with E-state index in [-0.39, 0.29) is 18.4 Å². The van der Waals surface area contributed by atoms with Gasteiger partial charge in [0.15, 0.2) is 6.61 Å². The number of hydrogen-bond acceptors (Lipinski definition) is 4. The lowest BCUT2D eigenvalue weighted by atomic mass is 10.2. The van der Waals surface area contributed by atoms with Gasteiger partial charge < -0.3 is 20.7 Å². The molecule has 20 heavy (non-hydrogen) atoms. The molecule has 0 aromatic heterocycles. The first-order chi connectivity index (χ1) is 9.54. The second-order valence-electron chi connectivity index (χ2n) is 4.95. The third kappa shape index (κ3) is 3.96. The molecule has 0 aliphatic carbocycles. The van der Waals surface area contributed by atoms with Gasteiger partial charge in [0.25, 0.3) is 5.91 Å². The van der Waals surface area contributed by atoms with E-state index in [1.165, 1.54) is 0 Å². The van der Waals surface area contributed by atoms with Crippen LogP contribution in [0, 0.1) is 0 Å². The summed E-state index contributed by atoms with van der Waals surface area (Å²) in [4.78, 5) is 23.0. The van der Waals surface area contributed by atoms with Crippen LogP contribution < -0.4 is 20.7 Å². The molecule has 6 heteroatoms. The number of hydrogen-bond donors (Lipinski definition) is 3. The lowest BCUT2D eigenvalue weighted by Gasteiger charge is -2.18. The molecule has 108 valence electrons. The van der Waals surface area contributed by atoms with Crippen molar-refractivity contribution in [1.29, 1.82) is 0 Å². The molecular formula is C14H19N3O3. The average molecular weight is 277 g/mol. The number of carbonyl (C=O) groups is 2. The number of ether oxygens (including phenoxy) is 1. The first-order valence-electron chi connectivity index (χ1n) is 6.64. The maximum atomic E-state index is 11.8. The van der Waals surface area contributed by atoms with E-state index in [2.05, 4.69) is 16.0 Å². The molecule has 1 aliphatic rings. The van der Waals surface area contributed by atoms with Crippen LogP contribution in [0.15, 0.2) is 18.2 Å². The Morgan fingerprint density at radius 1 is 1.45 bits per heavy atom. The van der Waals surface area contributed by atoms with Crippen molar-refractivity contribution < 1.29 is 14.3 Å². The molecule has 0 bridgehead atoms. The smallest absolute Gasteiger partial charge is 0.262 e. The molecule has 2 amide bonds. The lowest BCUT2D eigenvalue weighted by molar-refractivity contribution is -0.118. The van der Waals surface area contributed by atoms with Crippen LogP contribution in [-0.2, 0) is 9.59 Å². The first-order valence-corrected chi connectivity index (χ1v) is 6.64. The quantitative estimate of drug-likeness (QED) is 0.759. The van der Waals surface area contributed by atoms with Gasteiger partial charge in [0.05, 0.1) is 5.69 Å². The summed E-state index contributed by atoms with van der Waals surface area (Å²) in [6, 6.07) is 5.54. The summed E-state index contributed by atoms with van der Waals surface area (Å²) in [6.45, 7) is 4.72. The Kier molecular flexibility index (Phi) is 4.57. The Bertz CT molecular complexity index is 514. The van der Waals surface area contributed by atoms with Crippen molar-refractivity contribution in [2.45, 2.75) is 26.3 Å². The molecule has 0 fully saturated rings. The lowest BCUT2D eigenvalue weighted by Crippen LogP contribution is -2.27. The number of fused-ring (bicyclic) bond motifs is 1. The van der Waals surface area contributed by atoms with Gasteiger partial charge in [0, 0.05) is 24.7 Å². The number of nitrogens with one attached hydrogen (secondary N) is 3. The van der Waals surface area contributed by atoms with Crippen LogP contribution in [-0.4, -0.2) is 31.0 Å². The van der Waals surface area contributed by atoms with Crippen molar-refractivity contribution in [3.05, 3.63) is 18.2 Å². The van der Waals surface area contributed by atoms with Gasteiger partial charge in [0.1, 0.15) is 5.75 Å². The summed E-state index contributed by atoms with van der Waals surface area (Å²) >= 11 is 0. The van der Waals surface area contributed by atoms with E-state index in [0.29, 0.717) is 36.1 Å². The van der Waals surface area contributed by atoms with Gasteiger partial charge in [-0.15, -0.1) is 0 Å². The third-order valence-electron chi connectivity index (χ3n) is 2.80. The van der Waals surface area contributed by atoms with Crippen molar-refractivity contribution in [2.24, 2.45) is 0 Å². The molecule has 0 unspecified atom stereocenters. The van der Waals surface area contributed by atoms with Gasteiger partial charge in [-0.1, -0.05) is 13.8 Å². The maximum Gasteiger partial charge on any atom is 0.262 e. The van der Waals surface area contributed by atoms with Crippen LogP contribution in [0.25, 0.3) is 0 Å². The second-order valence-corrected chi connectivity index (χ2v) is 4.95. The molecule has 0 saturated heterocycles. The highest BCUT2D eigenvalue weighted by atomic mass is 16.5. The summed E-state index contributed by atoms with van der Waals surface area (Å²) in [7, 11) is 0. The largest absolute Gasteiger partial charge is 0.482 e. The number of rotatable bonds is 5. The van der Waals surface area contributed by atoms with E-state index in [1.54, 1.807) is 18.2 Å². The van der Waals surface area contributed by atoms with Crippen molar-refractivity contribution in [3.8, 4) is 5.75 Å². The minimum absolute atomic E-state index is 0.0274. The molecule has 0 spiro atoms. The minimum atomic E-state index is -0.192. The molecule has 1 aromatic carbocycles. The Morgan fingerprint density at radius 2 is 2.25 bits per heavy atom. The Labute approximate surface area is 117 Å². The minimum Gasteiger partial charge on any atom is -0.482 e. The van der Waals surface area contributed by atoms with E-state index >= 15 is 0 Å². The summed E-state index contributed by atoms with van der Waals surface area (Å²) in [5.41, 5.74) is 1.23. The molecule has 2 rings (SSSR count). The highest BCUT2D eigenvalue weighted by Gasteiger charge is 2.16.